The molecule has 0 aromatic carbocycles. The van der Waals surface area contributed by atoms with E-state index in [1.165, 1.54) is 51.7 Å². The van der Waals surface area contributed by atoms with Gasteiger partial charge in [-0.3, -0.25) is 0 Å². The van der Waals surface area contributed by atoms with E-state index >= 15 is 0 Å². The molecule has 2 rings (SSSR count). The first kappa shape index (κ1) is 13.4. The van der Waals surface area contributed by atoms with E-state index in [1.54, 1.807) is 0 Å². The minimum absolute atomic E-state index is 0.485. The van der Waals surface area contributed by atoms with Crippen LogP contribution in [0.1, 0.15) is 52.9 Å². The highest BCUT2D eigenvalue weighted by atomic mass is 15.1. The van der Waals surface area contributed by atoms with Crippen molar-refractivity contribution in [2.45, 2.75) is 58.9 Å². The summed E-state index contributed by atoms with van der Waals surface area (Å²) < 4.78 is 0. The smallest absolute Gasteiger partial charge is 0.00676 e. The maximum absolute atomic E-state index is 6.14. The Morgan fingerprint density at radius 3 is 2.47 bits per heavy atom. The maximum Gasteiger partial charge on any atom is 0.00676 e. The van der Waals surface area contributed by atoms with Gasteiger partial charge >= 0.3 is 0 Å². The van der Waals surface area contributed by atoms with E-state index < -0.39 is 0 Å². The van der Waals surface area contributed by atoms with Gasteiger partial charge in [-0.15, -0.1) is 0 Å². The summed E-state index contributed by atoms with van der Waals surface area (Å²) in [5.41, 5.74) is 6.63. The molecule has 0 radical (unpaired) electrons. The van der Waals surface area contributed by atoms with Crippen molar-refractivity contribution in [1.29, 1.82) is 0 Å². The molecule has 2 aliphatic rings. The molecular weight excluding hydrogens is 208 g/mol. The van der Waals surface area contributed by atoms with Crippen molar-refractivity contribution < 1.29 is 0 Å². The lowest BCUT2D eigenvalue weighted by Gasteiger charge is -2.27. The van der Waals surface area contributed by atoms with Crippen molar-refractivity contribution in [3.8, 4) is 0 Å². The topological polar surface area (TPSA) is 29.3 Å². The fourth-order valence-electron chi connectivity index (χ4n) is 3.51. The summed E-state index contributed by atoms with van der Waals surface area (Å²) in [6.07, 6.45) is 6.71. The van der Waals surface area contributed by atoms with Gasteiger partial charge in [0.1, 0.15) is 0 Å². The molecule has 1 saturated carbocycles. The van der Waals surface area contributed by atoms with Gasteiger partial charge in [-0.05, 0) is 56.0 Å². The van der Waals surface area contributed by atoms with Crippen molar-refractivity contribution in [1.82, 2.24) is 4.90 Å². The van der Waals surface area contributed by atoms with Crippen LogP contribution in [0.4, 0.5) is 0 Å². The zero-order chi connectivity index (χ0) is 12.5. The summed E-state index contributed by atoms with van der Waals surface area (Å²) in [6.45, 7) is 11.1. The summed E-state index contributed by atoms with van der Waals surface area (Å²) >= 11 is 0. The monoisotopic (exact) mass is 238 g/mol. The standard InChI is InChI=1S/C15H30N2/c1-15(2,3)13-8-10-17(11-13)9-7-12-5-4-6-14(12)16/h12-14H,4-11,16H2,1-3H3. The number of hydrogen-bond donors (Lipinski definition) is 1. The first-order chi connectivity index (χ1) is 7.97. The first-order valence-electron chi connectivity index (χ1n) is 7.45. The normalized spacial score (nSPS) is 35.6. The van der Waals surface area contributed by atoms with Crippen molar-refractivity contribution >= 4 is 0 Å². The van der Waals surface area contributed by atoms with Crippen molar-refractivity contribution in [2.75, 3.05) is 19.6 Å². The van der Waals surface area contributed by atoms with E-state index in [0.29, 0.717) is 11.5 Å². The Hall–Kier alpha value is -0.0800. The number of nitrogens with zero attached hydrogens (tertiary/aromatic N) is 1. The summed E-state index contributed by atoms with van der Waals surface area (Å²) in [5, 5.41) is 0. The summed E-state index contributed by atoms with van der Waals surface area (Å²) in [7, 11) is 0. The lowest BCUT2D eigenvalue weighted by Crippen LogP contribution is -2.31. The minimum Gasteiger partial charge on any atom is -0.327 e. The Morgan fingerprint density at radius 1 is 1.18 bits per heavy atom. The van der Waals surface area contributed by atoms with Crippen LogP contribution in [0.3, 0.4) is 0 Å². The number of rotatable bonds is 3. The maximum atomic E-state index is 6.14. The fraction of sp³-hybridized carbons (Fsp3) is 1.00. The molecule has 0 bridgehead atoms. The summed E-state index contributed by atoms with van der Waals surface area (Å²) in [6, 6.07) is 0.496. The van der Waals surface area contributed by atoms with E-state index in [-0.39, 0.29) is 0 Å². The average Bonchev–Trinajstić information content (AvgIpc) is 2.82. The first-order valence-corrected chi connectivity index (χ1v) is 7.45. The number of nitrogens with two attached hydrogens (primary N) is 1. The molecule has 2 fully saturated rings. The molecule has 1 saturated heterocycles. The predicted molar refractivity (Wildman–Crippen MR) is 73.9 cm³/mol. The second-order valence-corrected chi connectivity index (χ2v) is 7.30. The van der Waals surface area contributed by atoms with Gasteiger partial charge in [0.25, 0.3) is 0 Å². The van der Waals surface area contributed by atoms with E-state index in [9.17, 15) is 0 Å². The molecule has 17 heavy (non-hydrogen) atoms. The van der Waals surface area contributed by atoms with Crippen molar-refractivity contribution in [3.05, 3.63) is 0 Å². The Kier molecular flexibility index (Phi) is 4.14. The zero-order valence-electron chi connectivity index (χ0n) is 11.9. The average molecular weight is 238 g/mol. The molecule has 3 atom stereocenters. The van der Waals surface area contributed by atoms with Crippen LogP contribution in [0.5, 0.6) is 0 Å². The van der Waals surface area contributed by atoms with Gasteiger partial charge in [0.15, 0.2) is 0 Å². The van der Waals surface area contributed by atoms with Crippen LogP contribution < -0.4 is 5.73 Å². The number of likely N-dealkylation sites (tertiary alicyclic amines) is 1. The molecule has 1 aliphatic heterocycles. The Labute approximate surface area is 107 Å². The second kappa shape index (κ2) is 5.27. The molecule has 2 N–H and O–H groups in total. The highest BCUT2D eigenvalue weighted by molar-refractivity contribution is 4.86. The molecule has 0 aromatic rings. The van der Waals surface area contributed by atoms with Gasteiger partial charge in [-0.1, -0.05) is 27.2 Å². The van der Waals surface area contributed by atoms with Crippen LogP contribution in [0.2, 0.25) is 0 Å². The fourth-order valence-corrected chi connectivity index (χ4v) is 3.51. The molecule has 0 amide bonds. The third-order valence-electron chi connectivity index (χ3n) is 5.03. The highest BCUT2D eigenvalue weighted by Crippen LogP contribution is 2.34. The van der Waals surface area contributed by atoms with E-state index in [4.69, 9.17) is 5.73 Å². The zero-order valence-corrected chi connectivity index (χ0v) is 11.9. The Balaban J connectivity index is 1.71. The van der Waals surface area contributed by atoms with Crippen LogP contribution in [0.25, 0.3) is 0 Å². The van der Waals surface area contributed by atoms with Crippen molar-refractivity contribution in [3.63, 3.8) is 0 Å². The SMILES string of the molecule is CC(C)(C)C1CCN(CCC2CCCC2N)C1. The highest BCUT2D eigenvalue weighted by Gasteiger charge is 2.32. The van der Waals surface area contributed by atoms with Gasteiger partial charge < -0.3 is 10.6 Å². The van der Waals surface area contributed by atoms with E-state index in [1.807, 2.05) is 0 Å². The largest absolute Gasteiger partial charge is 0.327 e. The van der Waals surface area contributed by atoms with Crippen LogP contribution >= 0.6 is 0 Å². The molecule has 2 heteroatoms. The van der Waals surface area contributed by atoms with Gasteiger partial charge in [0.2, 0.25) is 0 Å². The van der Waals surface area contributed by atoms with E-state index in [0.717, 1.165) is 11.8 Å². The van der Waals surface area contributed by atoms with Gasteiger partial charge in [0, 0.05) is 12.6 Å². The summed E-state index contributed by atoms with van der Waals surface area (Å²) in [4.78, 5) is 2.67. The second-order valence-electron chi connectivity index (χ2n) is 7.30. The Morgan fingerprint density at radius 2 is 1.94 bits per heavy atom. The third kappa shape index (κ3) is 3.45. The lowest BCUT2D eigenvalue weighted by atomic mass is 9.80. The quantitative estimate of drug-likeness (QED) is 0.819. The molecule has 0 aromatic heterocycles. The Bertz CT molecular complexity index is 244. The van der Waals surface area contributed by atoms with Crippen molar-refractivity contribution in [2.24, 2.45) is 23.0 Å². The molecular formula is C15H30N2. The molecule has 0 spiro atoms. The third-order valence-corrected chi connectivity index (χ3v) is 5.03. The lowest BCUT2D eigenvalue weighted by molar-refractivity contribution is 0.221. The molecule has 3 unspecified atom stereocenters. The van der Waals surface area contributed by atoms with Crippen LogP contribution in [0, 0.1) is 17.3 Å². The summed E-state index contributed by atoms with van der Waals surface area (Å²) in [5.74, 6) is 1.70. The number of hydrogen-bond acceptors (Lipinski definition) is 2. The van der Waals surface area contributed by atoms with Crippen LogP contribution in [-0.4, -0.2) is 30.6 Å². The van der Waals surface area contributed by atoms with Crippen LogP contribution in [-0.2, 0) is 0 Å². The molecule has 100 valence electrons. The van der Waals surface area contributed by atoms with Gasteiger partial charge in [-0.25, -0.2) is 0 Å². The van der Waals surface area contributed by atoms with Gasteiger partial charge in [0.05, 0.1) is 0 Å². The molecule has 1 aliphatic carbocycles. The van der Waals surface area contributed by atoms with E-state index in [2.05, 4.69) is 25.7 Å². The van der Waals surface area contributed by atoms with Crippen LogP contribution in [0.15, 0.2) is 0 Å². The van der Waals surface area contributed by atoms with Gasteiger partial charge in [-0.2, -0.15) is 0 Å². The molecule has 2 nitrogen and oxygen atoms in total. The minimum atomic E-state index is 0.485. The molecule has 1 heterocycles. The predicted octanol–water partition coefficient (Wildman–Crippen LogP) is 2.87.